The van der Waals surface area contributed by atoms with E-state index in [2.05, 4.69) is 5.10 Å². The second-order valence-corrected chi connectivity index (χ2v) is 8.93. The van der Waals surface area contributed by atoms with Gasteiger partial charge in [0.15, 0.2) is 17.4 Å². The number of carboxylic acids is 1. The number of halogens is 2. The maximum Gasteiger partial charge on any atom is 0.323 e. The number of aromatic nitrogens is 2. The monoisotopic (exact) mass is 527 g/mol. The maximum absolute atomic E-state index is 13.8. The summed E-state index contributed by atoms with van der Waals surface area (Å²) >= 11 is 1.32. The molecule has 2 aromatic heterocycles. The third kappa shape index (κ3) is 6.36. The number of benzene rings is 2. The van der Waals surface area contributed by atoms with Crippen molar-refractivity contribution in [2.45, 2.75) is 18.0 Å². The Morgan fingerprint density at radius 1 is 1.11 bits per heavy atom. The minimum Gasteiger partial charge on any atom is -0.486 e. The smallest absolute Gasteiger partial charge is 0.323 e. The Hall–Kier alpha value is -4.12. The predicted molar refractivity (Wildman–Crippen MR) is 132 cm³/mol. The molecule has 1 N–H and O–H groups in total. The van der Waals surface area contributed by atoms with Crippen molar-refractivity contribution in [1.29, 1.82) is 0 Å². The molecule has 2 aromatic carbocycles. The van der Waals surface area contributed by atoms with E-state index < -0.39 is 30.1 Å². The number of furan rings is 1. The molecule has 0 bridgehead atoms. The summed E-state index contributed by atoms with van der Waals surface area (Å²) in [5.74, 6) is -2.70. The molecule has 0 spiro atoms. The van der Waals surface area contributed by atoms with Crippen LogP contribution in [0.1, 0.15) is 22.0 Å². The van der Waals surface area contributed by atoms with E-state index in [4.69, 9.17) is 9.15 Å². The number of carboxylic acid groups (broad SMARTS) is 1. The first-order chi connectivity index (χ1) is 17.7. The molecule has 0 saturated heterocycles. The number of carbonyl (C=O) groups excluding carboxylic acids is 1. The lowest BCUT2D eigenvalue weighted by Crippen LogP contribution is -2.35. The van der Waals surface area contributed by atoms with Crippen LogP contribution in [-0.2, 0) is 25.0 Å². The van der Waals surface area contributed by atoms with Gasteiger partial charge in [0.1, 0.15) is 24.7 Å². The molecule has 1 amide bonds. The molecule has 0 aliphatic heterocycles. The van der Waals surface area contributed by atoms with Gasteiger partial charge in [0, 0.05) is 18.1 Å². The number of amides is 1. The molecule has 0 radical (unpaired) electrons. The molecular formula is C26H23F2N3O5S. The zero-order valence-corrected chi connectivity index (χ0v) is 20.8. The normalized spacial score (nSPS) is 10.9. The van der Waals surface area contributed by atoms with Gasteiger partial charge in [-0.05, 0) is 59.8 Å². The number of carbonyl (C=O) groups is 2. The second-order valence-electron chi connectivity index (χ2n) is 8.08. The van der Waals surface area contributed by atoms with Crippen molar-refractivity contribution in [1.82, 2.24) is 14.7 Å². The molecular weight excluding hydrogens is 504 g/mol. The van der Waals surface area contributed by atoms with Gasteiger partial charge in [-0.3, -0.25) is 14.3 Å². The molecule has 0 unspecified atom stereocenters. The first-order valence-electron chi connectivity index (χ1n) is 11.1. The highest BCUT2D eigenvalue weighted by molar-refractivity contribution is 7.98. The molecule has 192 valence electrons. The highest BCUT2D eigenvalue weighted by atomic mass is 32.2. The molecule has 37 heavy (non-hydrogen) atoms. The molecule has 11 heteroatoms. The second kappa shape index (κ2) is 11.3. The van der Waals surface area contributed by atoms with Gasteiger partial charge in [0.05, 0.1) is 12.2 Å². The number of thioether (sulfide) groups is 1. The zero-order valence-electron chi connectivity index (χ0n) is 20.0. The summed E-state index contributed by atoms with van der Waals surface area (Å²) in [4.78, 5) is 25.9. The minimum absolute atomic E-state index is 0.0149. The molecule has 4 aromatic rings. The topological polar surface area (TPSA) is 97.8 Å². The van der Waals surface area contributed by atoms with Gasteiger partial charge < -0.3 is 19.2 Å². The summed E-state index contributed by atoms with van der Waals surface area (Å²) in [6.45, 7) is -0.474. The minimum atomic E-state index is -1.16. The van der Waals surface area contributed by atoms with Crippen LogP contribution in [0.3, 0.4) is 0 Å². The molecule has 0 fully saturated rings. The van der Waals surface area contributed by atoms with Crippen molar-refractivity contribution in [3.8, 4) is 16.9 Å². The lowest BCUT2D eigenvalue weighted by atomic mass is 10.1. The van der Waals surface area contributed by atoms with Crippen LogP contribution >= 0.6 is 11.8 Å². The molecule has 0 atom stereocenters. The fraction of sp³-hybridized carbons (Fsp3) is 0.192. The Bertz CT molecular complexity index is 1420. The van der Waals surface area contributed by atoms with E-state index in [0.717, 1.165) is 4.90 Å². The average Bonchev–Trinajstić information content (AvgIpc) is 3.52. The summed E-state index contributed by atoms with van der Waals surface area (Å²) in [5, 5.41) is 13.4. The Balaban J connectivity index is 1.41. The van der Waals surface area contributed by atoms with Gasteiger partial charge in [0.25, 0.3) is 5.91 Å². The quantitative estimate of drug-likeness (QED) is 0.290. The van der Waals surface area contributed by atoms with Crippen LogP contribution in [0.4, 0.5) is 8.78 Å². The summed E-state index contributed by atoms with van der Waals surface area (Å²) in [5.41, 5.74) is 1.82. The first kappa shape index (κ1) is 26.0. The van der Waals surface area contributed by atoms with Crippen molar-refractivity contribution in [2.75, 3.05) is 12.8 Å². The number of hydrogen-bond acceptors (Lipinski definition) is 6. The van der Waals surface area contributed by atoms with Crippen molar-refractivity contribution in [2.24, 2.45) is 7.05 Å². The Labute approximate surface area is 215 Å². The fourth-order valence-corrected chi connectivity index (χ4v) is 4.26. The zero-order chi connectivity index (χ0) is 26.5. The lowest BCUT2D eigenvalue weighted by molar-refractivity contribution is -0.137. The third-order valence-electron chi connectivity index (χ3n) is 5.40. The molecule has 2 heterocycles. The van der Waals surface area contributed by atoms with Crippen LogP contribution in [-0.4, -0.2) is 44.5 Å². The number of hydrogen-bond donors (Lipinski definition) is 1. The number of ether oxygens (including phenoxy) is 1. The molecule has 0 saturated carbocycles. The number of nitrogens with zero attached hydrogens (tertiary/aromatic N) is 3. The van der Waals surface area contributed by atoms with Gasteiger partial charge in [-0.15, -0.1) is 11.8 Å². The Morgan fingerprint density at radius 3 is 2.49 bits per heavy atom. The Morgan fingerprint density at radius 2 is 1.84 bits per heavy atom. The van der Waals surface area contributed by atoms with E-state index in [1.165, 1.54) is 30.0 Å². The van der Waals surface area contributed by atoms with E-state index in [9.17, 15) is 23.5 Å². The summed E-state index contributed by atoms with van der Waals surface area (Å²) in [6.07, 6.45) is 3.49. The van der Waals surface area contributed by atoms with Crippen LogP contribution in [0.5, 0.6) is 5.75 Å². The number of rotatable bonds is 10. The highest BCUT2D eigenvalue weighted by Crippen LogP contribution is 2.33. The summed E-state index contributed by atoms with van der Waals surface area (Å²) < 4.78 is 40.2. The van der Waals surface area contributed by atoms with Gasteiger partial charge in [-0.2, -0.15) is 5.10 Å². The van der Waals surface area contributed by atoms with Gasteiger partial charge in [-0.25, -0.2) is 8.78 Å². The van der Waals surface area contributed by atoms with Crippen molar-refractivity contribution in [3.05, 3.63) is 89.6 Å². The van der Waals surface area contributed by atoms with Crippen LogP contribution in [0.15, 0.2) is 70.1 Å². The summed E-state index contributed by atoms with van der Waals surface area (Å²) in [7, 11) is 1.73. The number of aryl methyl sites for hydroxylation is 1. The van der Waals surface area contributed by atoms with Crippen LogP contribution in [0.2, 0.25) is 0 Å². The first-order valence-corrected chi connectivity index (χ1v) is 12.3. The van der Waals surface area contributed by atoms with Crippen molar-refractivity contribution < 1.29 is 32.6 Å². The predicted octanol–water partition coefficient (Wildman–Crippen LogP) is 4.99. The van der Waals surface area contributed by atoms with Gasteiger partial charge in [0.2, 0.25) is 0 Å². The standard InChI is InChI=1S/C26H23F2N3O5S/c1-30-10-9-17(29-30)13-31(14-25(32)33)26(34)23-8-7-19(36-23)15-35-18-5-3-16(4-6-18)20-11-21(27)22(28)12-24(20)37-2/h3-12H,13-15H2,1-2H3,(H,32,33). The largest absolute Gasteiger partial charge is 0.486 e. The third-order valence-corrected chi connectivity index (χ3v) is 6.17. The van der Waals surface area contributed by atoms with E-state index >= 15 is 0 Å². The van der Waals surface area contributed by atoms with E-state index in [0.29, 0.717) is 33.2 Å². The molecule has 0 aliphatic carbocycles. The highest BCUT2D eigenvalue weighted by Gasteiger charge is 2.23. The average molecular weight is 528 g/mol. The molecule has 0 aliphatic rings. The maximum atomic E-state index is 13.8. The SMILES string of the molecule is CSc1cc(F)c(F)cc1-c1ccc(OCc2ccc(C(=O)N(CC(=O)O)Cc3ccn(C)n3)o2)cc1. The van der Waals surface area contributed by atoms with Crippen LogP contribution in [0.25, 0.3) is 11.1 Å². The fourth-order valence-electron chi connectivity index (χ4n) is 3.64. The van der Waals surface area contributed by atoms with Crippen molar-refractivity contribution in [3.63, 3.8) is 0 Å². The van der Waals surface area contributed by atoms with Crippen LogP contribution < -0.4 is 4.74 Å². The Kier molecular flexibility index (Phi) is 7.92. The van der Waals surface area contributed by atoms with E-state index in [-0.39, 0.29) is 18.9 Å². The molecule has 8 nitrogen and oxygen atoms in total. The number of aliphatic carboxylic acids is 1. The van der Waals surface area contributed by atoms with E-state index in [1.807, 2.05) is 0 Å². The van der Waals surface area contributed by atoms with Gasteiger partial charge >= 0.3 is 5.97 Å². The van der Waals surface area contributed by atoms with Crippen LogP contribution in [0, 0.1) is 11.6 Å². The van der Waals surface area contributed by atoms with Gasteiger partial charge in [-0.1, -0.05) is 12.1 Å². The molecule has 4 rings (SSSR count). The summed E-state index contributed by atoms with van der Waals surface area (Å²) in [6, 6.07) is 13.9. The van der Waals surface area contributed by atoms with E-state index in [1.54, 1.807) is 60.6 Å². The lowest BCUT2D eigenvalue weighted by Gasteiger charge is -2.18. The van der Waals surface area contributed by atoms with Crippen molar-refractivity contribution >= 4 is 23.6 Å².